The molecule has 11 heteroatoms. The quantitative estimate of drug-likeness (QED) is 0.475. The summed E-state index contributed by atoms with van der Waals surface area (Å²) in [6.07, 6.45) is 7.17. The van der Waals surface area contributed by atoms with Gasteiger partial charge in [-0.15, -0.1) is 0 Å². The van der Waals surface area contributed by atoms with Crippen molar-refractivity contribution in [2.45, 2.75) is 20.1 Å². The van der Waals surface area contributed by atoms with Gasteiger partial charge in [-0.25, -0.2) is 9.78 Å². The van der Waals surface area contributed by atoms with E-state index in [4.69, 9.17) is 26.1 Å². The number of nitrogens with one attached hydrogen (secondary N) is 1. The summed E-state index contributed by atoms with van der Waals surface area (Å²) < 4.78 is 11.9. The number of likely N-dealkylation sites (N-methyl/N-ethyl adjacent to an activating group) is 1. The van der Waals surface area contributed by atoms with Gasteiger partial charge in [0.25, 0.3) is 0 Å². The van der Waals surface area contributed by atoms with E-state index in [0.29, 0.717) is 54.5 Å². The molecule has 10 nitrogen and oxygen atoms in total. The van der Waals surface area contributed by atoms with Gasteiger partial charge in [0.05, 0.1) is 36.2 Å². The van der Waals surface area contributed by atoms with Gasteiger partial charge >= 0.3 is 6.03 Å². The van der Waals surface area contributed by atoms with Crippen LogP contribution in [0.15, 0.2) is 48.8 Å². The van der Waals surface area contributed by atoms with E-state index in [1.54, 1.807) is 28.3 Å². The number of aromatic nitrogens is 3. The maximum absolute atomic E-state index is 13.7. The third-order valence-electron chi connectivity index (χ3n) is 6.25. The zero-order valence-corrected chi connectivity index (χ0v) is 22.4. The first kappa shape index (κ1) is 25.9. The molecule has 5 rings (SSSR count). The summed E-state index contributed by atoms with van der Waals surface area (Å²) in [6, 6.07) is 7.26. The minimum absolute atomic E-state index is 0.237. The predicted molar refractivity (Wildman–Crippen MR) is 148 cm³/mol. The molecule has 0 unspecified atom stereocenters. The molecule has 38 heavy (non-hydrogen) atoms. The molecule has 0 saturated heterocycles. The Hall–Kier alpha value is -3.73. The van der Waals surface area contributed by atoms with E-state index in [0.717, 1.165) is 29.1 Å². The minimum atomic E-state index is -0.237. The van der Waals surface area contributed by atoms with Crippen LogP contribution in [-0.4, -0.2) is 66.3 Å². The third kappa shape index (κ3) is 5.57. The van der Waals surface area contributed by atoms with E-state index >= 15 is 0 Å². The molecule has 2 aromatic heterocycles. The fourth-order valence-electron chi connectivity index (χ4n) is 4.33. The zero-order chi connectivity index (χ0) is 26.6. The van der Waals surface area contributed by atoms with Gasteiger partial charge in [0, 0.05) is 42.3 Å². The van der Waals surface area contributed by atoms with Crippen LogP contribution in [0.4, 0.5) is 27.9 Å². The molecular formula is C27H30ClN7O3. The number of rotatable bonds is 5. The summed E-state index contributed by atoms with van der Waals surface area (Å²) in [6.45, 7) is 4.57. The molecule has 0 saturated carbocycles. The molecule has 0 radical (unpaired) electrons. The topological polar surface area (TPSA) is 96.0 Å². The Kier molecular flexibility index (Phi) is 7.73. The normalized spacial score (nSPS) is 16.2. The van der Waals surface area contributed by atoms with Crippen molar-refractivity contribution in [3.05, 3.63) is 70.7 Å². The Morgan fingerprint density at radius 2 is 2.03 bits per heavy atom. The first-order chi connectivity index (χ1) is 18.4. The van der Waals surface area contributed by atoms with Crippen LogP contribution in [0.5, 0.6) is 5.75 Å². The van der Waals surface area contributed by atoms with Crippen molar-refractivity contribution >= 4 is 40.8 Å². The smallest absolute Gasteiger partial charge is 0.330 e. The molecule has 0 fully saturated rings. The van der Waals surface area contributed by atoms with Gasteiger partial charge < -0.3 is 19.7 Å². The number of aryl methyl sites for hydroxylation is 1. The average molecular weight is 536 g/mol. The molecule has 1 aromatic carbocycles. The van der Waals surface area contributed by atoms with Crippen LogP contribution < -0.4 is 19.9 Å². The van der Waals surface area contributed by atoms with Crippen LogP contribution in [0.25, 0.3) is 0 Å². The Bertz CT molecular complexity index is 1340. The maximum atomic E-state index is 13.7. The van der Waals surface area contributed by atoms with Gasteiger partial charge in [-0.3, -0.25) is 14.8 Å². The number of ether oxygens (including phenoxy) is 2. The SMILES string of the molecule is Cc1nccc(Cl)c1N1Cc2cnc3nc2N(C/C=C\COCc2cc(ccc2OCCN(C)C)N3)C1=O. The highest BCUT2D eigenvalue weighted by molar-refractivity contribution is 6.34. The molecule has 0 atom stereocenters. The van der Waals surface area contributed by atoms with Gasteiger partial charge in [0.15, 0.2) is 0 Å². The summed E-state index contributed by atoms with van der Waals surface area (Å²) in [5, 5.41) is 3.73. The summed E-state index contributed by atoms with van der Waals surface area (Å²) >= 11 is 6.49. The van der Waals surface area contributed by atoms with E-state index in [1.807, 2.05) is 51.4 Å². The van der Waals surface area contributed by atoms with Crippen molar-refractivity contribution in [2.24, 2.45) is 0 Å². The molecule has 0 aliphatic carbocycles. The number of amides is 2. The Balaban J connectivity index is 1.48. The number of benzene rings is 1. The van der Waals surface area contributed by atoms with E-state index < -0.39 is 0 Å². The van der Waals surface area contributed by atoms with Gasteiger partial charge in [-0.1, -0.05) is 23.8 Å². The van der Waals surface area contributed by atoms with Crippen molar-refractivity contribution in [3.8, 4) is 5.75 Å². The highest BCUT2D eigenvalue weighted by Gasteiger charge is 2.34. The minimum Gasteiger partial charge on any atom is -0.492 e. The Morgan fingerprint density at radius 1 is 1.16 bits per heavy atom. The first-order valence-electron chi connectivity index (χ1n) is 12.4. The lowest BCUT2D eigenvalue weighted by molar-refractivity contribution is 0.144. The van der Waals surface area contributed by atoms with Crippen molar-refractivity contribution in [3.63, 3.8) is 0 Å². The monoisotopic (exact) mass is 535 g/mol. The number of urea groups is 1. The number of carbonyl (C=O) groups is 1. The standard InChI is InChI=1S/C27H30ClN7O3/c1-18-24(22(28)8-9-29-18)35-16-20-15-30-26-31-21-6-7-23(38-13-11-33(2)3)19(14-21)17-37-12-5-4-10-34(27(35)36)25(20)32-26/h4-9,14-15H,10-13,16-17H2,1-3H3,(H,30,31,32)/b5-4-. The lowest BCUT2D eigenvalue weighted by Gasteiger charge is -2.36. The molecule has 4 bridgehead atoms. The van der Waals surface area contributed by atoms with Crippen molar-refractivity contribution in [1.29, 1.82) is 0 Å². The van der Waals surface area contributed by atoms with Crippen LogP contribution >= 0.6 is 11.6 Å². The summed E-state index contributed by atoms with van der Waals surface area (Å²) in [5.41, 5.74) is 3.78. The summed E-state index contributed by atoms with van der Waals surface area (Å²) in [4.78, 5) is 32.6. The second kappa shape index (κ2) is 11.3. The number of carbonyl (C=O) groups excluding carboxylic acids is 1. The van der Waals surface area contributed by atoms with Crippen LogP contribution in [-0.2, 0) is 17.9 Å². The maximum Gasteiger partial charge on any atom is 0.330 e. The molecule has 2 aliphatic heterocycles. The van der Waals surface area contributed by atoms with Gasteiger partial charge in [-0.2, -0.15) is 4.98 Å². The number of fused-ring (bicyclic) bond motifs is 3. The highest BCUT2D eigenvalue weighted by atomic mass is 35.5. The van der Waals surface area contributed by atoms with Gasteiger partial charge in [0.2, 0.25) is 5.95 Å². The second-order valence-corrected chi connectivity index (χ2v) is 9.74. The predicted octanol–water partition coefficient (Wildman–Crippen LogP) is 4.55. The Morgan fingerprint density at radius 3 is 2.84 bits per heavy atom. The lowest BCUT2D eigenvalue weighted by atomic mass is 10.1. The first-order valence-corrected chi connectivity index (χ1v) is 12.7. The molecular weight excluding hydrogens is 506 g/mol. The van der Waals surface area contributed by atoms with Crippen molar-refractivity contribution in [1.82, 2.24) is 19.9 Å². The molecule has 3 aromatic rings. The molecule has 198 valence electrons. The summed E-state index contributed by atoms with van der Waals surface area (Å²) in [7, 11) is 4.02. The number of hydrogen-bond acceptors (Lipinski definition) is 8. The molecule has 2 aliphatic rings. The lowest BCUT2D eigenvalue weighted by Crippen LogP contribution is -2.48. The van der Waals surface area contributed by atoms with Crippen LogP contribution in [0, 0.1) is 6.92 Å². The van der Waals surface area contributed by atoms with E-state index in [9.17, 15) is 4.79 Å². The second-order valence-electron chi connectivity index (χ2n) is 9.33. The molecule has 1 N–H and O–H groups in total. The number of pyridine rings is 1. The number of halogens is 1. The fraction of sp³-hybridized carbons (Fsp3) is 0.333. The average Bonchev–Trinajstić information content (AvgIpc) is 2.88. The zero-order valence-electron chi connectivity index (χ0n) is 21.6. The third-order valence-corrected chi connectivity index (χ3v) is 6.56. The van der Waals surface area contributed by atoms with Gasteiger partial charge in [-0.05, 0) is 45.3 Å². The van der Waals surface area contributed by atoms with Crippen LogP contribution in [0.2, 0.25) is 5.02 Å². The number of nitrogens with zero attached hydrogens (tertiary/aromatic N) is 6. The van der Waals surface area contributed by atoms with Crippen LogP contribution in [0.1, 0.15) is 16.8 Å². The fourth-order valence-corrected chi connectivity index (χ4v) is 4.63. The Labute approximate surface area is 226 Å². The van der Waals surface area contributed by atoms with Crippen molar-refractivity contribution < 1.29 is 14.3 Å². The van der Waals surface area contributed by atoms with E-state index in [2.05, 4.69) is 20.2 Å². The highest BCUT2D eigenvalue weighted by Crippen LogP contribution is 2.36. The molecule has 0 spiro atoms. The van der Waals surface area contributed by atoms with E-state index in [-0.39, 0.29) is 12.6 Å². The molecule has 2 amide bonds. The number of hydrogen-bond donors (Lipinski definition) is 1. The number of anilines is 4. The van der Waals surface area contributed by atoms with Crippen LogP contribution in [0.3, 0.4) is 0 Å². The van der Waals surface area contributed by atoms with Crippen molar-refractivity contribution in [2.75, 3.05) is 55.5 Å². The van der Waals surface area contributed by atoms with Gasteiger partial charge in [0.1, 0.15) is 18.2 Å². The largest absolute Gasteiger partial charge is 0.492 e. The van der Waals surface area contributed by atoms with E-state index in [1.165, 1.54) is 0 Å². The summed E-state index contributed by atoms with van der Waals surface area (Å²) in [5.74, 6) is 1.72. The molecule has 4 heterocycles.